The molecule has 0 spiro atoms. The summed E-state index contributed by atoms with van der Waals surface area (Å²) in [5.74, 6) is 1.14. The van der Waals surface area contributed by atoms with E-state index in [1.165, 1.54) is 0 Å². The van der Waals surface area contributed by atoms with Crippen LogP contribution in [0.1, 0.15) is 58.1 Å². The Morgan fingerprint density at radius 2 is 2.24 bits per heavy atom. The predicted octanol–water partition coefficient (Wildman–Crippen LogP) is 2.47. The zero-order valence-corrected chi connectivity index (χ0v) is 15.5. The first-order valence-corrected chi connectivity index (χ1v) is 9.31. The number of amides is 2. The average Bonchev–Trinajstić information content (AvgIpc) is 3.00. The van der Waals surface area contributed by atoms with Crippen LogP contribution in [0.25, 0.3) is 0 Å². The molecule has 2 rings (SSSR count). The maximum Gasteiger partial charge on any atom is 0.242 e. The maximum absolute atomic E-state index is 12.8. The molecule has 0 aliphatic carbocycles. The highest BCUT2D eigenvalue weighted by molar-refractivity contribution is 5.94. The number of likely N-dealkylation sites (tertiary alicyclic amines) is 1. The molecule has 1 aromatic heterocycles. The number of nitrogens with one attached hydrogen (secondary N) is 2. The van der Waals surface area contributed by atoms with Gasteiger partial charge < -0.3 is 15.2 Å². The highest BCUT2D eigenvalue weighted by atomic mass is 16.5. The molecule has 1 aromatic rings. The molecule has 1 aliphatic heterocycles. The topological polar surface area (TPSA) is 87.5 Å². The molecule has 0 aromatic carbocycles. The minimum absolute atomic E-state index is 0.0516. The van der Waals surface area contributed by atoms with Gasteiger partial charge >= 0.3 is 0 Å². The van der Waals surface area contributed by atoms with E-state index >= 15 is 0 Å². The summed E-state index contributed by atoms with van der Waals surface area (Å²) in [5.41, 5.74) is 0. The van der Waals surface area contributed by atoms with E-state index in [1.54, 1.807) is 13.0 Å². The fourth-order valence-electron chi connectivity index (χ4n) is 3.25. The third-order valence-corrected chi connectivity index (χ3v) is 4.59. The maximum atomic E-state index is 12.8. The van der Waals surface area contributed by atoms with Crippen LogP contribution in [0.2, 0.25) is 0 Å². The van der Waals surface area contributed by atoms with Crippen molar-refractivity contribution in [2.45, 2.75) is 71.4 Å². The summed E-state index contributed by atoms with van der Waals surface area (Å²) < 4.78 is 5.02. The van der Waals surface area contributed by atoms with Crippen LogP contribution in [0, 0.1) is 6.92 Å². The first-order chi connectivity index (χ1) is 12.0. The van der Waals surface area contributed by atoms with Crippen molar-refractivity contribution >= 4 is 17.6 Å². The van der Waals surface area contributed by atoms with Crippen LogP contribution in [0.5, 0.6) is 0 Å². The smallest absolute Gasteiger partial charge is 0.242 e. The van der Waals surface area contributed by atoms with Crippen LogP contribution >= 0.6 is 0 Å². The van der Waals surface area contributed by atoms with Crippen LogP contribution in [0.4, 0.5) is 5.82 Å². The van der Waals surface area contributed by atoms with Gasteiger partial charge in [0.2, 0.25) is 11.8 Å². The normalized spacial score (nSPS) is 19.4. The molecule has 140 valence electrons. The molecule has 0 bridgehead atoms. The predicted molar refractivity (Wildman–Crippen MR) is 96.2 cm³/mol. The Morgan fingerprint density at radius 3 is 2.88 bits per heavy atom. The van der Waals surface area contributed by atoms with Gasteiger partial charge in [0.1, 0.15) is 5.76 Å². The molecule has 1 aliphatic rings. The van der Waals surface area contributed by atoms with Gasteiger partial charge in [-0.15, -0.1) is 0 Å². The molecule has 1 saturated heterocycles. The number of nitrogens with zero attached hydrogens (tertiary/aromatic N) is 2. The van der Waals surface area contributed by atoms with Gasteiger partial charge in [0.25, 0.3) is 0 Å². The molecule has 2 N–H and O–H groups in total. The monoisotopic (exact) mass is 350 g/mol. The second-order valence-corrected chi connectivity index (χ2v) is 6.73. The Balaban J connectivity index is 2.01. The van der Waals surface area contributed by atoms with E-state index < -0.39 is 0 Å². The minimum Gasteiger partial charge on any atom is -0.360 e. The Morgan fingerprint density at radius 1 is 1.44 bits per heavy atom. The van der Waals surface area contributed by atoms with Crippen molar-refractivity contribution < 1.29 is 14.1 Å². The third-order valence-electron chi connectivity index (χ3n) is 4.59. The van der Waals surface area contributed by atoms with Gasteiger partial charge in [-0.1, -0.05) is 31.8 Å². The van der Waals surface area contributed by atoms with E-state index in [1.807, 2.05) is 6.92 Å². The molecule has 2 unspecified atom stereocenters. The number of carbonyl (C=O) groups is 2. The van der Waals surface area contributed by atoms with E-state index in [0.29, 0.717) is 24.5 Å². The lowest BCUT2D eigenvalue weighted by Crippen LogP contribution is -2.54. The molecule has 0 saturated carbocycles. The van der Waals surface area contributed by atoms with Gasteiger partial charge in [0.15, 0.2) is 5.82 Å². The van der Waals surface area contributed by atoms with Crippen LogP contribution < -0.4 is 10.6 Å². The summed E-state index contributed by atoms with van der Waals surface area (Å²) in [6.45, 7) is 7.36. The van der Waals surface area contributed by atoms with Gasteiger partial charge in [-0.05, 0) is 32.7 Å². The van der Waals surface area contributed by atoms with Crippen LogP contribution in [0.15, 0.2) is 10.6 Å². The number of aryl methyl sites for hydroxylation is 1. The zero-order chi connectivity index (χ0) is 18.2. The molecule has 2 heterocycles. The van der Waals surface area contributed by atoms with Gasteiger partial charge in [-0.2, -0.15) is 0 Å². The van der Waals surface area contributed by atoms with Gasteiger partial charge in [-0.3, -0.25) is 14.5 Å². The number of aromatic nitrogens is 1. The van der Waals surface area contributed by atoms with Crippen molar-refractivity contribution in [3.63, 3.8) is 0 Å². The molecule has 25 heavy (non-hydrogen) atoms. The molecule has 7 nitrogen and oxygen atoms in total. The quantitative estimate of drug-likeness (QED) is 0.752. The Hall–Kier alpha value is -1.89. The first-order valence-electron chi connectivity index (χ1n) is 9.31. The SMILES string of the molecule is CCCCC(C(=O)Nc1cc(C)on1)N1CCCC(NC(=O)CC)C1. The number of anilines is 1. The fraction of sp³-hybridized carbons (Fsp3) is 0.722. The van der Waals surface area contributed by atoms with Gasteiger partial charge in [0, 0.05) is 25.1 Å². The molecule has 1 fully saturated rings. The molecule has 2 amide bonds. The number of rotatable bonds is 8. The fourth-order valence-corrected chi connectivity index (χ4v) is 3.25. The largest absolute Gasteiger partial charge is 0.360 e. The minimum atomic E-state index is -0.210. The van der Waals surface area contributed by atoms with E-state index in [4.69, 9.17) is 4.52 Å². The lowest BCUT2D eigenvalue weighted by Gasteiger charge is -2.37. The first kappa shape index (κ1) is 19.4. The Kier molecular flexibility index (Phi) is 7.43. The molecule has 2 atom stereocenters. The van der Waals surface area contributed by atoms with E-state index in [9.17, 15) is 9.59 Å². The molecular formula is C18H30N4O3. The summed E-state index contributed by atoms with van der Waals surface area (Å²) in [4.78, 5) is 26.7. The van der Waals surface area contributed by atoms with E-state index in [2.05, 4.69) is 27.6 Å². The number of unbranched alkanes of at least 4 members (excludes halogenated alkanes) is 1. The second-order valence-electron chi connectivity index (χ2n) is 6.73. The lowest BCUT2D eigenvalue weighted by molar-refractivity contribution is -0.123. The van der Waals surface area contributed by atoms with E-state index in [-0.39, 0.29) is 23.9 Å². The van der Waals surface area contributed by atoms with Crippen LogP contribution in [0.3, 0.4) is 0 Å². The van der Waals surface area contributed by atoms with Crippen molar-refractivity contribution in [2.24, 2.45) is 0 Å². The molecule has 7 heteroatoms. The summed E-state index contributed by atoms with van der Waals surface area (Å²) in [6, 6.07) is 1.63. The number of hydrogen-bond acceptors (Lipinski definition) is 5. The Bertz CT molecular complexity index is 572. The average molecular weight is 350 g/mol. The van der Waals surface area contributed by atoms with Gasteiger partial charge in [-0.25, -0.2) is 0 Å². The molecule has 0 radical (unpaired) electrons. The second kappa shape index (κ2) is 9.56. The lowest BCUT2D eigenvalue weighted by atomic mass is 10.00. The van der Waals surface area contributed by atoms with Gasteiger partial charge in [0.05, 0.1) is 6.04 Å². The standard InChI is InChI=1S/C18H30N4O3/c1-4-6-9-15(18(24)20-16-11-13(3)25-21-16)22-10-7-8-14(12-22)19-17(23)5-2/h11,14-15H,4-10,12H2,1-3H3,(H,19,23)(H,20,21,24). The van der Waals surface area contributed by atoms with Crippen molar-refractivity contribution in [1.29, 1.82) is 0 Å². The summed E-state index contributed by atoms with van der Waals surface area (Å²) in [6.07, 6.45) is 5.25. The van der Waals surface area contributed by atoms with Crippen LogP contribution in [-0.4, -0.2) is 47.0 Å². The zero-order valence-electron chi connectivity index (χ0n) is 15.5. The number of piperidine rings is 1. The summed E-state index contributed by atoms with van der Waals surface area (Å²) in [5, 5.41) is 9.77. The number of hydrogen-bond donors (Lipinski definition) is 2. The third kappa shape index (κ3) is 5.85. The highest BCUT2D eigenvalue weighted by Gasteiger charge is 2.31. The number of carbonyl (C=O) groups excluding carboxylic acids is 2. The van der Waals surface area contributed by atoms with Crippen molar-refractivity contribution in [1.82, 2.24) is 15.4 Å². The molecular weight excluding hydrogens is 320 g/mol. The Labute approximate surface area is 149 Å². The van der Waals surface area contributed by atoms with E-state index in [0.717, 1.165) is 38.6 Å². The highest BCUT2D eigenvalue weighted by Crippen LogP contribution is 2.19. The summed E-state index contributed by atoms with van der Waals surface area (Å²) in [7, 11) is 0. The van der Waals surface area contributed by atoms with Crippen molar-refractivity contribution in [2.75, 3.05) is 18.4 Å². The van der Waals surface area contributed by atoms with Crippen molar-refractivity contribution in [3.05, 3.63) is 11.8 Å². The summed E-state index contributed by atoms with van der Waals surface area (Å²) >= 11 is 0. The van der Waals surface area contributed by atoms with Crippen molar-refractivity contribution in [3.8, 4) is 0 Å². The van der Waals surface area contributed by atoms with Crippen LogP contribution in [-0.2, 0) is 9.59 Å².